The number of rotatable bonds is 9. The largest absolute Gasteiger partial charge is 0.493 e. The molecule has 1 fully saturated rings. The van der Waals surface area contributed by atoms with E-state index in [0.29, 0.717) is 29.5 Å². The molecule has 1 saturated heterocycles. The van der Waals surface area contributed by atoms with E-state index in [1.54, 1.807) is 7.11 Å². The third kappa shape index (κ3) is 6.00. The molecule has 1 aliphatic rings. The molecule has 0 saturated carbocycles. The van der Waals surface area contributed by atoms with Crippen molar-refractivity contribution in [3.05, 3.63) is 53.1 Å². The first-order chi connectivity index (χ1) is 15.0. The average Bonchev–Trinajstić information content (AvgIpc) is 2.78. The van der Waals surface area contributed by atoms with E-state index in [1.807, 2.05) is 47.4 Å². The minimum absolute atomic E-state index is 0.0381. The molecule has 2 aromatic carbocycles. The number of amides is 1. The van der Waals surface area contributed by atoms with Crippen LogP contribution in [0.25, 0.3) is 11.1 Å². The predicted octanol–water partition coefficient (Wildman–Crippen LogP) is 5.02. The zero-order valence-corrected chi connectivity index (χ0v) is 19.5. The highest BCUT2D eigenvalue weighted by atomic mass is 35.5. The van der Waals surface area contributed by atoms with E-state index >= 15 is 0 Å². The summed E-state index contributed by atoms with van der Waals surface area (Å²) >= 11 is 6.45. The van der Waals surface area contributed by atoms with E-state index in [2.05, 4.69) is 19.2 Å². The van der Waals surface area contributed by atoms with Gasteiger partial charge in [0.1, 0.15) is 5.75 Å². The Bertz CT molecular complexity index is 866. The Hall–Kier alpha value is -2.08. The van der Waals surface area contributed by atoms with Crippen molar-refractivity contribution in [1.82, 2.24) is 10.2 Å². The van der Waals surface area contributed by atoms with Gasteiger partial charge in [0, 0.05) is 60.5 Å². The van der Waals surface area contributed by atoms with Gasteiger partial charge in [-0.3, -0.25) is 4.79 Å². The van der Waals surface area contributed by atoms with Gasteiger partial charge in [0.05, 0.1) is 6.61 Å². The summed E-state index contributed by atoms with van der Waals surface area (Å²) in [5.74, 6) is 0.705. The Kier molecular flexibility index (Phi) is 8.76. The monoisotopic (exact) mass is 444 g/mol. The molecule has 168 valence electrons. The van der Waals surface area contributed by atoms with Gasteiger partial charge in [-0.25, -0.2) is 0 Å². The molecular formula is C25H33ClN2O3. The first kappa shape index (κ1) is 23.6. The molecule has 0 bridgehead atoms. The van der Waals surface area contributed by atoms with Crippen molar-refractivity contribution in [3.63, 3.8) is 0 Å². The summed E-state index contributed by atoms with van der Waals surface area (Å²) < 4.78 is 11.2. The zero-order valence-electron chi connectivity index (χ0n) is 18.7. The summed E-state index contributed by atoms with van der Waals surface area (Å²) in [5, 5.41) is 4.07. The topological polar surface area (TPSA) is 50.8 Å². The number of methoxy groups -OCH3 is 1. The van der Waals surface area contributed by atoms with E-state index in [-0.39, 0.29) is 18.0 Å². The Morgan fingerprint density at radius 3 is 2.68 bits per heavy atom. The minimum atomic E-state index is 0.0381. The number of halogens is 1. The van der Waals surface area contributed by atoms with Gasteiger partial charge in [-0.1, -0.05) is 29.8 Å². The maximum atomic E-state index is 13.5. The molecule has 1 atom stereocenters. The van der Waals surface area contributed by atoms with Gasteiger partial charge in [-0.05, 0) is 57.5 Å². The highest BCUT2D eigenvalue weighted by Crippen LogP contribution is 2.36. The van der Waals surface area contributed by atoms with Crippen molar-refractivity contribution in [2.75, 3.05) is 33.4 Å². The summed E-state index contributed by atoms with van der Waals surface area (Å²) in [6.45, 7) is 7.13. The van der Waals surface area contributed by atoms with Crippen molar-refractivity contribution in [2.24, 2.45) is 0 Å². The normalized spacial score (nSPS) is 16.4. The van der Waals surface area contributed by atoms with Crippen LogP contribution in [0.3, 0.4) is 0 Å². The van der Waals surface area contributed by atoms with Crippen molar-refractivity contribution in [2.45, 2.75) is 45.2 Å². The molecule has 5 nitrogen and oxygen atoms in total. The molecule has 1 N–H and O–H groups in total. The standard InChI is InChI=1S/C25H33ClN2O3/c1-18(2)28(20-8-6-13-27-17-20)25(29)19-11-12-22(21-9-4-5-10-23(21)26)24(16-19)31-15-7-14-30-3/h4-5,9-12,16,18,20,27H,6-8,13-15,17H2,1-3H3. The number of ether oxygens (including phenoxy) is 2. The summed E-state index contributed by atoms with van der Waals surface area (Å²) in [7, 11) is 1.68. The van der Waals surface area contributed by atoms with Crippen LogP contribution < -0.4 is 10.1 Å². The molecule has 1 aliphatic heterocycles. The number of carbonyl (C=O) groups excluding carboxylic acids is 1. The summed E-state index contributed by atoms with van der Waals surface area (Å²) in [6, 6.07) is 13.7. The third-order valence-corrected chi connectivity index (χ3v) is 5.93. The van der Waals surface area contributed by atoms with Crippen LogP contribution in [0.5, 0.6) is 5.75 Å². The van der Waals surface area contributed by atoms with Crippen LogP contribution in [-0.2, 0) is 4.74 Å². The van der Waals surface area contributed by atoms with Gasteiger partial charge in [-0.15, -0.1) is 0 Å². The zero-order chi connectivity index (χ0) is 22.2. The Balaban J connectivity index is 1.92. The summed E-state index contributed by atoms with van der Waals surface area (Å²) in [5.41, 5.74) is 2.41. The lowest BCUT2D eigenvalue weighted by Crippen LogP contribution is -2.51. The number of hydrogen-bond acceptors (Lipinski definition) is 4. The SMILES string of the molecule is COCCCOc1cc(C(=O)N(C(C)C)C2CCCNC2)ccc1-c1ccccc1Cl. The number of nitrogens with zero attached hydrogens (tertiary/aromatic N) is 1. The number of carbonyl (C=O) groups is 1. The van der Waals surface area contributed by atoms with Gasteiger partial charge in [0.2, 0.25) is 0 Å². The molecule has 0 radical (unpaired) electrons. The van der Waals surface area contributed by atoms with Gasteiger partial charge >= 0.3 is 0 Å². The Labute approximate surface area is 190 Å². The number of benzene rings is 2. The highest BCUT2D eigenvalue weighted by molar-refractivity contribution is 6.33. The lowest BCUT2D eigenvalue weighted by atomic mass is 9.99. The van der Waals surface area contributed by atoms with E-state index < -0.39 is 0 Å². The lowest BCUT2D eigenvalue weighted by Gasteiger charge is -2.37. The molecule has 1 unspecified atom stereocenters. The maximum Gasteiger partial charge on any atom is 0.254 e. The van der Waals surface area contributed by atoms with Crippen LogP contribution in [-0.4, -0.2) is 56.3 Å². The molecule has 1 heterocycles. The Morgan fingerprint density at radius 1 is 1.19 bits per heavy atom. The van der Waals surface area contributed by atoms with Gasteiger partial charge in [0.25, 0.3) is 5.91 Å². The predicted molar refractivity (Wildman–Crippen MR) is 126 cm³/mol. The molecule has 6 heteroatoms. The number of hydrogen-bond donors (Lipinski definition) is 1. The summed E-state index contributed by atoms with van der Waals surface area (Å²) in [6.07, 6.45) is 2.87. The maximum absolute atomic E-state index is 13.5. The van der Waals surface area contributed by atoms with Crippen LogP contribution in [0.1, 0.15) is 43.5 Å². The molecule has 31 heavy (non-hydrogen) atoms. The minimum Gasteiger partial charge on any atom is -0.493 e. The quantitative estimate of drug-likeness (QED) is 0.551. The van der Waals surface area contributed by atoms with Gasteiger partial charge in [0.15, 0.2) is 0 Å². The van der Waals surface area contributed by atoms with E-state index in [0.717, 1.165) is 43.5 Å². The Morgan fingerprint density at radius 2 is 2.00 bits per heavy atom. The first-order valence-corrected chi connectivity index (χ1v) is 11.4. The van der Waals surface area contributed by atoms with Crippen LogP contribution in [0, 0.1) is 0 Å². The second-order valence-electron chi connectivity index (χ2n) is 8.19. The molecule has 2 aromatic rings. The van der Waals surface area contributed by atoms with Crippen LogP contribution in [0.2, 0.25) is 5.02 Å². The lowest BCUT2D eigenvalue weighted by molar-refractivity contribution is 0.0573. The fourth-order valence-corrected chi connectivity index (χ4v) is 4.34. The van der Waals surface area contributed by atoms with Crippen molar-refractivity contribution >= 4 is 17.5 Å². The first-order valence-electron chi connectivity index (χ1n) is 11.1. The van der Waals surface area contributed by atoms with Crippen molar-refractivity contribution in [1.29, 1.82) is 0 Å². The molecular weight excluding hydrogens is 412 g/mol. The van der Waals surface area contributed by atoms with Crippen molar-refractivity contribution in [3.8, 4) is 16.9 Å². The van der Waals surface area contributed by atoms with Gasteiger partial charge < -0.3 is 19.7 Å². The molecule has 3 rings (SSSR count). The molecule has 0 aromatic heterocycles. The smallest absolute Gasteiger partial charge is 0.254 e. The van der Waals surface area contributed by atoms with E-state index in [4.69, 9.17) is 21.1 Å². The summed E-state index contributed by atoms with van der Waals surface area (Å²) in [4.78, 5) is 15.5. The van der Waals surface area contributed by atoms with Crippen molar-refractivity contribution < 1.29 is 14.3 Å². The van der Waals surface area contributed by atoms with Gasteiger partial charge in [-0.2, -0.15) is 0 Å². The fraction of sp³-hybridized carbons (Fsp3) is 0.480. The second kappa shape index (κ2) is 11.5. The number of nitrogens with one attached hydrogen (secondary N) is 1. The van der Waals surface area contributed by atoms with E-state index in [9.17, 15) is 4.79 Å². The van der Waals surface area contributed by atoms with Crippen LogP contribution >= 0.6 is 11.6 Å². The van der Waals surface area contributed by atoms with Crippen LogP contribution in [0.4, 0.5) is 0 Å². The fourth-order valence-electron chi connectivity index (χ4n) is 4.10. The van der Waals surface area contributed by atoms with E-state index in [1.165, 1.54) is 0 Å². The molecule has 1 amide bonds. The third-order valence-electron chi connectivity index (χ3n) is 5.60. The second-order valence-corrected chi connectivity index (χ2v) is 8.60. The molecule has 0 aliphatic carbocycles. The number of piperidine rings is 1. The van der Waals surface area contributed by atoms with Crippen LogP contribution in [0.15, 0.2) is 42.5 Å². The molecule has 0 spiro atoms. The highest BCUT2D eigenvalue weighted by Gasteiger charge is 2.29. The average molecular weight is 445 g/mol.